The van der Waals surface area contributed by atoms with Crippen molar-refractivity contribution in [2.24, 2.45) is 11.8 Å². The third-order valence-corrected chi connectivity index (χ3v) is 3.16. The van der Waals surface area contributed by atoms with Crippen molar-refractivity contribution in [3.05, 3.63) is 35.5 Å². The molecule has 88 valence electrons. The Kier molecular flexibility index (Phi) is 4.28. The van der Waals surface area contributed by atoms with Gasteiger partial charge in [-0.3, -0.25) is 4.79 Å². The van der Waals surface area contributed by atoms with Crippen molar-refractivity contribution in [3.8, 4) is 0 Å². The highest BCUT2D eigenvalue weighted by Crippen LogP contribution is 2.34. The minimum Gasteiger partial charge on any atom is -0.299 e. The molecule has 2 unspecified atom stereocenters. The third-order valence-electron chi connectivity index (χ3n) is 3.16. The number of ketones is 1. The van der Waals surface area contributed by atoms with Gasteiger partial charge in [-0.2, -0.15) is 0 Å². The highest BCUT2D eigenvalue weighted by atomic mass is 16.1. The molecular formula is C15H22O. The number of hydrogen-bond acceptors (Lipinski definition) is 1. The summed E-state index contributed by atoms with van der Waals surface area (Å²) in [7, 11) is 0. The first kappa shape index (κ1) is 13.0. The van der Waals surface area contributed by atoms with E-state index in [2.05, 4.69) is 39.5 Å². The van der Waals surface area contributed by atoms with Gasteiger partial charge in [0.1, 0.15) is 5.78 Å². The second kappa shape index (κ2) is 5.29. The van der Waals surface area contributed by atoms with Gasteiger partial charge in [0.2, 0.25) is 0 Å². The molecule has 0 saturated carbocycles. The molecule has 0 spiro atoms. The summed E-state index contributed by atoms with van der Waals surface area (Å²) in [6.07, 6.45) is 5.89. The Morgan fingerprint density at radius 1 is 1.44 bits per heavy atom. The topological polar surface area (TPSA) is 17.1 Å². The second-order valence-corrected chi connectivity index (χ2v) is 4.87. The highest BCUT2D eigenvalue weighted by Gasteiger charge is 2.30. The first-order chi connectivity index (χ1) is 7.47. The highest BCUT2D eigenvalue weighted by molar-refractivity contribution is 5.85. The Morgan fingerprint density at radius 2 is 2.06 bits per heavy atom. The number of allylic oxidation sites excluding steroid dienone is 5. The van der Waals surface area contributed by atoms with E-state index in [0.29, 0.717) is 12.2 Å². The maximum absolute atomic E-state index is 12.1. The van der Waals surface area contributed by atoms with E-state index < -0.39 is 0 Å². The van der Waals surface area contributed by atoms with Crippen molar-refractivity contribution in [2.45, 2.75) is 40.5 Å². The predicted molar refractivity (Wildman–Crippen MR) is 69.2 cm³/mol. The molecule has 16 heavy (non-hydrogen) atoms. The largest absolute Gasteiger partial charge is 0.299 e. The van der Waals surface area contributed by atoms with E-state index in [1.54, 1.807) is 0 Å². The van der Waals surface area contributed by atoms with E-state index in [9.17, 15) is 4.79 Å². The molecule has 0 aromatic heterocycles. The fourth-order valence-electron chi connectivity index (χ4n) is 2.44. The Hall–Kier alpha value is -1.11. The summed E-state index contributed by atoms with van der Waals surface area (Å²) in [5.41, 5.74) is 3.51. The van der Waals surface area contributed by atoms with E-state index in [-0.39, 0.29) is 11.8 Å². The van der Waals surface area contributed by atoms with Gasteiger partial charge >= 0.3 is 0 Å². The lowest BCUT2D eigenvalue weighted by Crippen LogP contribution is -2.26. The maximum Gasteiger partial charge on any atom is 0.140 e. The molecule has 0 radical (unpaired) electrons. The molecule has 2 atom stereocenters. The predicted octanol–water partition coefficient (Wildman–Crippen LogP) is 4.07. The van der Waals surface area contributed by atoms with E-state index in [1.165, 1.54) is 11.1 Å². The average Bonchev–Trinajstić information content (AvgIpc) is 2.16. The minimum atomic E-state index is 0.0288. The van der Waals surface area contributed by atoms with Gasteiger partial charge in [0.25, 0.3) is 0 Å². The lowest BCUT2D eigenvalue weighted by Gasteiger charge is -2.29. The van der Waals surface area contributed by atoms with Crippen molar-refractivity contribution in [2.75, 3.05) is 0 Å². The van der Waals surface area contributed by atoms with Gasteiger partial charge in [-0.05, 0) is 27.2 Å². The molecule has 1 nitrogen and oxygen atoms in total. The molecule has 1 rings (SSSR count). The fourth-order valence-corrected chi connectivity index (χ4v) is 2.44. The standard InChI is InChI=1S/C15H22O/c1-6-7-14(16)15-12(5)8-11(4)9-13(15)10(2)3/h8-9,13,15H,2,6-7H2,1,3-5H3. The summed E-state index contributed by atoms with van der Waals surface area (Å²) in [4.78, 5) is 12.1. The monoisotopic (exact) mass is 218 g/mol. The molecule has 0 fully saturated rings. The van der Waals surface area contributed by atoms with Gasteiger partial charge in [0.15, 0.2) is 0 Å². The summed E-state index contributed by atoms with van der Waals surface area (Å²) >= 11 is 0. The minimum absolute atomic E-state index is 0.0288. The van der Waals surface area contributed by atoms with Crippen molar-refractivity contribution >= 4 is 5.78 Å². The normalized spacial score (nSPS) is 24.8. The summed E-state index contributed by atoms with van der Waals surface area (Å²) in [5.74, 6) is 0.582. The first-order valence-corrected chi connectivity index (χ1v) is 6.02. The van der Waals surface area contributed by atoms with Gasteiger partial charge < -0.3 is 0 Å². The molecule has 1 heteroatoms. The maximum atomic E-state index is 12.1. The number of hydrogen-bond donors (Lipinski definition) is 0. The molecule has 0 aromatic rings. The number of carbonyl (C=O) groups excluding carboxylic acids is 1. The van der Waals surface area contributed by atoms with Crippen LogP contribution in [0.3, 0.4) is 0 Å². The Balaban J connectivity index is 3.00. The number of Topliss-reactive ketones (excluding diaryl/α,β-unsaturated/α-hetero) is 1. The lowest BCUT2D eigenvalue weighted by molar-refractivity contribution is -0.122. The Bertz CT molecular complexity index is 358. The molecule has 0 saturated heterocycles. The summed E-state index contributed by atoms with van der Waals surface area (Å²) in [6.45, 7) is 12.2. The van der Waals surface area contributed by atoms with E-state index in [4.69, 9.17) is 0 Å². The average molecular weight is 218 g/mol. The SMILES string of the molecule is C=C(C)C1C=C(C)C=C(C)C1C(=O)CCC. The van der Waals surface area contributed by atoms with Crippen molar-refractivity contribution in [1.29, 1.82) is 0 Å². The van der Waals surface area contributed by atoms with Crippen LogP contribution in [0.15, 0.2) is 35.5 Å². The summed E-state index contributed by atoms with van der Waals surface area (Å²) in [5, 5.41) is 0. The number of rotatable bonds is 4. The van der Waals surface area contributed by atoms with Crippen LogP contribution in [0.25, 0.3) is 0 Å². The van der Waals surface area contributed by atoms with Crippen LogP contribution in [0.4, 0.5) is 0 Å². The second-order valence-electron chi connectivity index (χ2n) is 4.87. The lowest BCUT2D eigenvalue weighted by atomic mass is 9.74. The van der Waals surface area contributed by atoms with Gasteiger partial charge in [0, 0.05) is 18.3 Å². The molecule has 0 aliphatic heterocycles. The van der Waals surface area contributed by atoms with Gasteiger partial charge in [-0.15, -0.1) is 0 Å². The zero-order valence-electron chi connectivity index (χ0n) is 10.8. The van der Waals surface area contributed by atoms with Crippen LogP contribution in [-0.2, 0) is 4.79 Å². The molecule has 1 aliphatic carbocycles. The van der Waals surface area contributed by atoms with Gasteiger partial charge in [0.05, 0.1) is 0 Å². The van der Waals surface area contributed by atoms with Crippen LogP contribution in [0.2, 0.25) is 0 Å². The zero-order valence-corrected chi connectivity index (χ0v) is 10.8. The van der Waals surface area contributed by atoms with Crippen molar-refractivity contribution < 1.29 is 4.79 Å². The van der Waals surface area contributed by atoms with E-state index in [1.807, 2.05) is 6.92 Å². The van der Waals surface area contributed by atoms with E-state index in [0.717, 1.165) is 12.0 Å². The molecule has 0 heterocycles. The molecule has 0 aromatic carbocycles. The van der Waals surface area contributed by atoms with Crippen LogP contribution >= 0.6 is 0 Å². The first-order valence-electron chi connectivity index (χ1n) is 6.02. The van der Waals surface area contributed by atoms with Crippen LogP contribution in [0.5, 0.6) is 0 Å². The summed E-state index contributed by atoms with van der Waals surface area (Å²) in [6, 6.07) is 0. The Morgan fingerprint density at radius 3 is 2.56 bits per heavy atom. The van der Waals surface area contributed by atoms with Crippen LogP contribution < -0.4 is 0 Å². The number of carbonyl (C=O) groups is 1. The van der Waals surface area contributed by atoms with Gasteiger partial charge in [-0.25, -0.2) is 0 Å². The van der Waals surface area contributed by atoms with Crippen molar-refractivity contribution in [1.82, 2.24) is 0 Å². The summed E-state index contributed by atoms with van der Waals surface area (Å²) < 4.78 is 0. The molecular weight excluding hydrogens is 196 g/mol. The van der Waals surface area contributed by atoms with E-state index >= 15 is 0 Å². The molecule has 1 aliphatic rings. The Labute approximate surface area is 98.9 Å². The third kappa shape index (κ3) is 2.72. The molecule has 0 amide bonds. The quantitative estimate of drug-likeness (QED) is 0.650. The zero-order chi connectivity index (χ0) is 12.3. The van der Waals surface area contributed by atoms with Gasteiger partial charge in [-0.1, -0.05) is 42.4 Å². The molecule has 0 N–H and O–H groups in total. The molecule has 0 bridgehead atoms. The van der Waals surface area contributed by atoms with Crippen LogP contribution in [0, 0.1) is 11.8 Å². The smallest absolute Gasteiger partial charge is 0.140 e. The fraction of sp³-hybridized carbons (Fsp3) is 0.533. The van der Waals surface area contributed by atoms with Crippen molar-refractivity contribution in [3.63, 3.8) is 0 Å². The van der Waals surface area contributed by atoms with Crippen LogP contribution in [-0.4, -0.2) is 5.78 Å². The van der Waals surface area contributed by atoms with Crippen LogP contribution in [0.1, 0.15) is 40.5 Å².